The molecule has 0 bridgehead atoms. The van der Waals surface area contributed by atoms with Crippen LogP contribution < -0.4 is 19.8 Å². The topological polar surface area (TPSA) is 97.7 Å². The zero-order chi connectivity index (χ0) is 28.8. The van der Waals surface area contributed by atoms with Crippen LogP contribution in [-0.2, 0) is 20.9 Å². The van der Waals surface area contributed by atoms with Crippen molar-refractivity contribution in [2.45, 2.75) is 22.7 Å². The van der Waals surface area contributed by atoms with Crippen LogP contribution in [0.25, 0.3) is 0 Å². The van der Waals surface area contributed by atoms with Crippen molar-refractivity contribution in [3.8, 4) is 5.75 Å². The molecule has 8 nitrogen and oxygen atoms in total. The first kappa shape index (κ1) is 27.4. The maximum atomic E-state index is 13.9. The molecule has 3 heterocycles. The standard InChI is InChI=1S/C29H21BrFN3O5S2/c1-39-20-12-8-18(9-13-20)32-21(35)14-33-28-25(41-29(33)38)22(15-2-6-17(31)7-3-15)23-24(40-28)27(37)34(26(23)36)19-10-4-16(30)5-11-19/h2-13,22-24H,14H2,1H3,(H,32,35)/t22-,23-,24+/m0/s1. The number of halogens is 2. The molecule has 0 aliphatic carbocycles. The minimum absolute atomic E-state index is 0.282. The van der Waals surface area contributed by atoms with Gasteiger partial charge in [-0.3, -0.25) is 23.7 Å². The van der Waals surface area contributed by atoms with Crippen LogP contribution >= 0.6 is 39.0 Å². The number of hydrogen-bond donors (Lipinski definition) is 1. The van der Waals surface area contributed by atoms with Gasteiger partial charge in [0.05, 0.1) is 23.7 Å². The number of imide groups is 1. The Morgan fingerprint density at radius 1 is 0.976 bits per heavy atom. The number of carbonyl (C=O) groups is 3. The monoisotopic (exact) mass is 653 g/mol. The Morgan fingerprint density at radius 2 is 1.66 bits per heavy atom. The van der Waals surface area contributed by atoms with E-state index in [0.717, 1.165) is 27.6 Å². The lowest BCUT2D eigenvalue weighted by Crippen LogP contribution is -2.33. The summed E-state index contributed by atoms with van der Waals surface area (Å²) in [5.74, 6) is -2.51. The number of carbonyl (C=O) groups excluding carboxylic acids is 3. The van der Waals surface area contributed by atoms with E-state index in [2.05, 4.69) is 21.2 Å². The SMILES string of the molecule is COc1ccc(NC(=O)Cn2c3c(sc2=O)[C@@H](c2ccc(F)cc2)[C@@H]2C(=O)N(c4ccc(Br)cc4)C(=O)[C@@H]2S3)cc1. The maximum absolute atomic E-state index is 13.9. The van der Waals surface area contributed by atoms with Gasteiger partial charge in [0.2, 0.25) is 17.7 Å². The Balaban J connectivity index is 1.38. The number of benzene rings is 3. The van der Waals surface area contributed by atoms with E-state index < -0.39 is 34.7 Å². The van der Waals surface area contributed by atoms with Gasteiger partial charge in [0.1, 0.15) is 23.4 Å². The molecule has 0 saturated carbocycles. The molecule has 1 N–H and O–H groups in total. The third kappa shape index (κ3) is 5.00. The molecule has 6 rings (SSSR count). The number of rotatable bonds is 6. The van der Waals surface area contributed by atoms with Crippen molar-refractivity contribution in [1.29, 1.82) is 0 Å². The highest BCUT2D eigenvalue weighted by molar-refractivity contribution is 9.10. The highest BCUT2D eigenvalue weighted by atomic mass is 79.9. The van der Waals surface area contributed by atoms with Gasteiger partial charge < -0.3 is 10.1 Å². The Kier molecular flexibility index (Phi) is 7.30. The van der Waals surface area contributed by atoms with E-state index in [1.54, 1.807) is 67.8 Å². The number of fused-ring (bicyclic) bond motifs is 2. The molecule has 3 atom stereocenters. The molecule has 3 amide bonds. The second-order valence-corrected chi connectivity index (χ2v) is 12.5. The Bertz CT molecular complexity index is 1720. The second-order valence-electron chi connectivity index (χ2n) is 9.48. The molecule has 12 heteroatoms. The minimum atomic E-state index is -0.835. The van der Waals surface area contributed by atoms with Gasteiger partial charge in [-0.1, -0.05) is 51.2 Å². The van der Waals surface area contributed by atoms with Crippen LogP contribution in [0, 0.1) is 11.7 Å². The summed E-state index contributed by atoms with van der Waals surface area (Å²) in [4.78, 5) is 55.2. The molecule has 4 aromatic rings. The van der Waals surface area contributed by atoms with Gasteiger partial charge in [-0.25, -0.2) is 9.29 Å². The summed E-state index contributed by atoms with van der Waals surface area (Å²) in [7, 11) is 1.54. The molecule has 41 heavy (non-hydrogen) atoms. The summed E-state index contributed by atoms with van der Waals surface area (Å²) < 4.78 is 21.2. The van der Waals surface area contributed by atoms with Crippen LogP contribution in [-0.4, -0.2) is 34.6 Å². The average Bonchev–Trinajstić information content (AvgIpc) is 3.40. The first-order valence-corrected chi connectivity index (χ1v) is 15.0. The molecule has 0 unspecified atom stereocenters. The second kappa shape index (κ2) is 10.9. The normalized spacial score (nSPS) is 19.6. The number of anilines is 2. The van der Waals surface area contributed by atoms with E-state index in [1.165, 1.54) is 21.6 Å². The molecule has 2 aliphatic heterocycles. The zero-order valence-electron chi connectivity index (χ0n) is 21.4. The molecule has 1 aromatic heterocycles. The van der Waals surface area contributed by atoms with Crippen molar-refractivity contribution >= 4 is 68.1 Å². The van der Waals surface area contributed by atoms with Gasteiger partial charge in [0, 0.05) is 21.0 Å². The van der Waals surface area contributed by atoms with E-state index in [1.807, 2.05) is 0 Å². The van der Waals surface area contributed by atoms with Crippen LogP contribution in [0.2, 0.25) is 0 Å². The predicted octanol–water partition coefficient (Wildman–Crippen LogP) is 5.25. The predicted molar refractivity (Wildman–Crippen MR) is 158 cm³/mol. The van der Waals surface area contributed by atoms with E-state index in [4.69, 9.17) is 4.74 Å². The van der Waals surface area contributed by atoms with Crippen LogP contribution in [0.5, 0.6) is 5.75 Å². The Labute approximate surface area is 250 Å². The summed E-state index contributed by atoms with van der Waals surface area (Å²) in [5, 5.41) is 2.40. The van der Waals surface area contributed by atoms with E-state index in [9.17, 15) is 23.6 Å². The van der Waals surface area contributed by atoms with Crippen molar-refractivity contribution in [3.05, 3.63) is 103 Å². The Hall–Kier alpha value is -3.74. The highest BCUT2D eigenvalue weighted by Gasteiger charge is 2.56. The highest BCUT2D eigenvalue weighted by Crippen LogP contribution is 2.53. The summed E-state index contributed by atoms with van der Waals surface area (Å²) >= 11 is 5.44. The number of amides is 3. The zero-order valence-corrected chi connectivity index (χ0v) is 24.6. The third-order valence-electron chi connectivity index (χ3n) is 7.04. The smallest absolute Gasteiger partial charge is 0.308 e. The largest absolute Gasteiger partial charge is 0.497 e. The molecular weight excluding hydrogens is 633 g/mol. The molecule has 1 fully saturated rings. The first-order chi connectivity index (χ1) is 19.7. The maximum Gasteiger partial charge on any atom is 0.308 e. The minimum Gasteiger partial charge on any atom is -0.497 e. The molecule has 1 saturated heterocycles. The number of nitrogens with zero attached hydrogens (tertiary/aromatic N) is 2. The molecule has 0 spiro atoms. The number of methoxy groups -OCH3 is 1. The number of thiazole rings is 1. The summed E-state index contributed by atoms with van der Waals surface area (Å²) in [6.07, 6.45) is 0. The number of hydrogen-bond acceptors (Lipinski definition) is 7. The van der Waals surface area contributed by atoms with Gasteiger partial charge in [0.15, 0.2) is 0 Å². The fourth-order valence-corrected chi connectivity index (χ4v) is 8.19. The van der Waals surface area contributed by atoms with Crippen molar-refractivity contribution < 1.29 is 23.5 Å². The lowest BCUT2D eigenvalue weighted by molar-refractivity contribution is -0.122. The van der Waals surface area contributed by atoms with Gasteiger partial charge in [-0.15, -0.1) is 0 Å². The van der Waals surface area contributed by atoms with E-state index >= 15 is 0 Å². The first-order valence-electron chi connectivity index (χ1n) is 12.5. The molecule has 2 aliphatic rings. The third-order valence-corrected chi connectivity index (χ3v) is 10.2. The van der Waals surface area contributed by atoms with Crippen molar-refractivity contribution in [2.75, 3.05) is 17.3 Å². The summed E-state index contributed by atoms with van der Waals surface area (Å²) in [6, 6.07) is 19.4. The lowest BCUT2D eigenvalue weighted by Gasteiger charge is -2.30. The van der Waals surface area contributed by atoms with Crippen LogP contribution in [0.1, 0.15) is 16.4 Å². The summed E-state index contributed by atoms with van der Waals surface area (Å²) in [5.41, 5.74) is 1.58. The van der Waals surface area contributed by atoms with Crippen molar-refractivity contribution in [2.24, 2.45) is 5.92 Å². The van der Waals surface area contributed by atoms with Gasteiger partial charge in [0.25, 0.3) is 0 Å². The fraction of sp³-hybridized carbons (Fsp3) is 0.172. The molecular formula is C29H21BrFN3O5S2. The molecule has 3 aromatic carbocycles. The lowest BCUT2D eigenvalue weighted by atomic mass is 9.83. The number of nitrogens with one attached hydrogen (secondary N) is 1. The Morgan fingerprint density at radius 3 is 2.32 bits per heavy atom. The van der Waals surface area contributed by atoms with Crippen LogP contribution in [0.3, 0.4) is 0 Å². The van der Waals surface area contributed by atoms with Crippen molar-refractivity contribution in [3.63, 3.8) is 0 Å². The van der Waals surface area contributed by atoms with E-state index in [0.29, 0.717) is 32.6 Å². The van der Waals surface area contributed by atoms with Gasteiger partial charge in [-0.05, 0) is 66.2 Å². The van der Waals surface area contributed by atoms with Gasteiger partial charge >= 0.3 is 4.87 Å². The van der Waals surface area contributed by atoms with Gasteiger partial charge in [-0.2, -0.15) is 0 Å². The number of ether oxygens (including phenoxy) is 1. The van der Waals surface area contributed by atoms with Crippen LogP contribution in [0.4, 0.5) is 15.8 Å². The fourth-order valence-electron chi connectivity index (χ4n) is 5.15. The quantitative estimate of drug-likeness (QED) is 0.285. The number of thioether (sulfide) groups is 1. The number of aromatic nitrogens is 1. The average molecular weight is 655 g/mol. The van der Waals surface area contributed by atoms with Crippen LogP contribution in [0.15, 0.2) is 87.1 Å². The van der Waals surface area contributed by atoms with Crippen molar-refractivity contribution in [1.82, 2.24) is 4.57 Å². The molecule has 208 valence electrons. The van der Waals surface area contributed by atoms with E-state index in [-0.39, 0.29) is 17.3 Å². The molecule has 0 radical (unpaired) electrons. The summed E-state index contributed by atoms with van der Waals surface area (Å²) in [6.45, 7) is -0.282.